The van der Waals surface area contributed by atoms with Crippen molar-refractivity contribution in [1.82, 2.24) is 19.4 Å². The zero-order chi connectivity index (χ0) is 12.8. The second-order valence-electron chi connectivity index (χ2n) is 4.26. The van der Waals surface area contributed by atoms with Crippen molar-refractivity contribution in [3.05, 3.63) is 17.0 Å². The Morgan fingerprint density at radius 3 is 2.59 bits per heavy atom. The Morgan fingerprint density at radius 2 is 2.06 bits per heavy atom. The number of rotatable bonds is 2. The molecular weight excluding hydrogens is 244 g/mol. The van der Waals surface area contributed by atoms with E-state index in [1.54, 1.807) is 14.1 Å². The van der Waals surface area contributed by atoms with Crippen molar-refractivity contribution in [3.63, 3.8) is 0 Å². The van der Waals surface area contributed by atoms with Crippen LogP contribution in [0.3, 0.4) is 0 Å². The summed E-state index contributed by atoms with van der Waals surface area (Å²) in [5.74, 6) is -0.224. The average molecular weight is 258 g/mol. The van der Waals surface area contributed by atoms with Crippen LogP contribution in [0.1, 0.15) is 21.7 Å². The minimum Gasteiger partial charge on any atom is -0.343 e. The summed E-state index contributed by atoms with van der Waals surface area (Å²) in [5, 5.41) is 6.66. The van der Waals surface area contributed by atoms with E-state index in [4.69, 9.17) is 0 Å². The molecule has 7 nitrogen and oxygen atoms in total. The van der Waals surface area contributed by atoms with Crippen LogP contribution in [0, 0.1) is 0 Å². The van der Waals surface area contributed by atoms with Crippen LogP contribution in [0.4, 0.5) is 0 Å². The Kier molecular flexibility index (Phi) is 2.70. The molecule has 0 atom stereocenters. The fraction of sp³-hybridized carbons (Fsp3) is 0.556. The molecule has 2 heterocycles. The highest BCUT2D eigenvalue weighted by Gasteiger charge is 2.32. The van der Waals surface area contributed by atoms with Crippen LogP contribution < -0.4 is 0 Å². The van der Waals surface area contributed by atoms with E-state index in [0.29, 0.717) is 17.0 Å². The predicted octanol–water partition coefficient (Wildman–Crippen LogP) is -0.613. The number of nitrogens with one attached hydrogen (secondary N) is 1. The molecule has 0 saturated heterocycles. The van der Waals surface area contributed by atoms with Gasteiger partial charge in [-0.15, -0.1) is 0 Å². The first-order valence-corrected chi connectivity index (χ1v) is 6.88. The number of aromatic nitrogens is 2. The van der Waals surface area contributed by atoms with Gasteiger partial charge in [-0.3, -0.25) is 9.89 Å². The van der Waals surface area contributed by atoms with Crippen molar-refractivity contribution in [1.29, 1.82) is 0 Å². The summed E-state index contributed by atoms with van der Waals surface area (Å²) >= 11 is 0. The SMILES string of the molecule is CN(C)C(=O)c1n[nH]c2c1CN(S(C)(=O)=O)C2. The summed E-state index contributed by atoms with van der Waals surface area (Å²) in [4.78, 5) is 13.2. The lowest BCUT2D eigenvalue weighted by molar-refractivity contribution is 0.0820. The highest BCUT2D eigenvalue weighted by molar-refractivity contribution is 7.88. The van der Waals surface area contributed by atoms with Gasteiger partial charge in [-0.1, -0.05) is 0 Å². The Labute approximate surface area is 99.5 Å². The van der Waals surface area contributed by atoms with Crippen molar-refractivity contribution >= 4 is 15.9 Å². The van der Waals surface area contributed by atoms with E-state index in [2.05, 4.69) is 10.2 Å². The van der Waals surface area contributed by atoms with E-state index in [1.165, 1.54) is 9.21 Å². The van der Waals surface area contributed by atoms with Gasteiger partial charge in [-0.25, -0.2) is 8.42 Å². The maximum absolute atomic E-state index is 11.8. The van der Waals surface area contributed by atoms with Crippen molar-refractivity contribution < 1.29 is 13.2 Å². The second-order valence-corrected chi connectivity index (χ2v) is 6.24. The summed E-state index contributed by atoms with van der Waals surface area (Å²) in [6, 6.07) is 0. The Balaban J connectivity index is 2.33. The molecule has 17 heavy (non-hydrogen) atoms. The second kappa shape index (κ2) is 3.81. The van der Waals surface area contributed by atoms with Crippen molar-refractivity contribution in [2.75, 3.05) is 20.4 Å². The first-order valence-electron chi connectivity index (χ1n) is 5.03. The number of aromatic amines is 1. The lowest BCUT2D eigenvalue weighted by Gasteiger charge is -2.12. The topological polar surface area (TPSA) is 86.4 Å². The smallest absolute Gasteiger partial charge is 0.274 e. The van der Waals surface area contributed by atoms with Crippen LogP contribution in [-0.4, -0.2) is 54.1 Å². The lowest BCUT2D eigenvalue weighted by Crippen LogP contribution is -2.26. The fourth-order valence-electron chi connectivity index (χ4n) is 1.73. The minimum atomic E-state index is -3.24. The molecule has 94 valence electrons. The normalized spacial score (nSPS) is 15.9. The third kappa shape index (κ3) is 2.05. The van der Waals surface area contributed by atoms with Crippen LogP contribution in [0.2, 0.25) is 0 Å². The number of amides is 1. The van der Waals surface area contributed by atoms with Crippen LogP contribution in [0.5, 0.6) is 0 Å². The molecule has 1 aromatic rings. The van der Waals surface area contributed by atoms with Crippen molar-refractivity contribution in [2.45, 2.75) is 13.1 Å². The van der Waals surface area contributed by atoms with Gasteiger partial charge in [0.2, 0.25) is 10.0 Å². The number of hydrogen-bond donors (Lipinski definition) is 1. The van der Waals surface area contributed by atoms with Crippen LogP contribution in [0.25, 0.3) is 0 Å². The molecule has 0 aliphatic carbocycles. The molecule has 0 radical (unpaired) electrons. The van der Waals surface area contributed by atoms with E-state index in [9.17, 15) is 13.2 Å². The number of hydrogen-bond acceptors (Lipinski definition) is 4. The Morgan fingerprint density at radius 1 is 1.41 bits per heavy atom. The molecule has 0 bridgehead atoms. The van der Waals surface area contributed by atoms with E-state index >= 15 is 0 Å². The molecule has 8 heteroatoms. The van der Waals surface area contributed by atoms with Gasteiger partial charge in [0.25, 0.3) is 5.91 Å². The summed E-state index contributed by atoms with van der Waals surface area (Å²) in [7, 11) is 0.0211. The number of fused-ring (bicyclic) bond motifs is 1. The summed E-state index contributed by atoms with van der Waals surface area (Å²) in [6.45, 7) is 0.460. The van der Waals surface area contributed by atoms with Crippen LogP contribution in [-0.2, 0) is 23.1 Å². The molecule has 0 fully saturated rings. The zero-order valence-electron chi connectivity index (χ0n) is 9.89. The number of carbonyl (C=O) groups excluding carboxylic acids is 1. The van der Waals surface area contributed by atoms with Gasteiger partial charge in [-0.05, 0) is 0 Å². The van der Waals surface area contributed by atoms with Gasteiger partial charge in [0.1, 0.15) is 0 Å². The maximum Gasteiger partial charge on any atom is 0.274 e. The van der Waals surface area contributed by atoms with Gasteiger partial charge in [-0.2, -0.15) is 9.40 Å². The number of sulfonamides is 1. The third-order valence-electron chi connectivity index (χ3n) is 2.70. The van der Waals surface area contributed by atoms with Crippen molar-refractivity contribution in [3.8, 4) is 0 Å². The highest BCUT2D eigenvalue weighted by Crippen LogP contribution is 2.26. The summed E-state index contributed by atoms with van der Waals surface area (Å²) < 4.78 is 24.1. The van der Waals surface area contributed by atoms with E-state index in [-0.39, 0.29) is 19.0 Å². The summed E-state index contributed by atoms with van der Waals surface area (Å²) in [6.07, 6.45) is 1.15. The van der Waals surface area contributed by atoms with Crippen molar-refractivity contribution in [2.24, 2.45) is 0 Å². The Bertz CT molecular complexity index is 561. The number of nitrogens with zero attached hydrogens (tertiary/aromatic N) is 3. The first kappa shape index (κ1) is 12.1. The molecule has 0 saturated carbocycles. The lowest BCUT2D eigenvalue weighted by atomic mass is 10.2. The first-order chi connectivity index (χ1) is 7.80. The summed E-state index contributed by atoms with van der Waals surface area (Å²) in [5.41, 5.74) is 1.67. The molecule has 1 aliphatic heterocycles. The number of carbonyl (C=O) groups is 1. The molecule has 0 aromatic carbocycles. The molecule has 0 spiro atoms. The van der Waals surface area contributed by atoms with Crippen LogP contribution in [0.15, 0.2) is 0 Å². The monoisotopic (exact) mass is 258 g/mol. The average Bonchev–Trinajstić information content (AvgIpc) is 2.72. The Hall–Kier alpha value is -1.41. The maximum atomic E-state index is 11.8. The fourth-order valence-corrected chi connectivity index (χ4v) is 2.46. The largest absolute Gasteiger partial charge is 0.343 e. The standard InChI is InChI=1S/C9H14N4O3S/c1-12(2)9(14)8-6-4-13(17(3,15)16)5-7(6)10-11-8/h4-5H2,1-3H3,(H,10,11). The van der Waals surface area contributed by atoms with E-state index < -0.39 is 10.0 Å². The highest BCUT2D eigenvalue weighted by atomic mass is 32.2. The molecule has 1 aromatic heterocycles. The molecule has 1 amide bonds. The zero-order valence-corrected chi connectivity index (χ0v) is 10.7. The quantitative estimate of drug-likeness (QED) is 0.766. The third-order valence-corrected chi connectivity index (χ3v) is 3.90. The van der Waals surface area contributed by atoms with Gasteiger partial charge < -0.3 is 4.90 Å². The number of H-pyrrole nitrogens is 1. The van der Waals surface area contributed by atoms with Gasteiger partial charge in [0.05, 0.1) is 18.5 Å². The van der Waals surface area contributed by atoms with Gasteiger partial charge in [0.15, 0.2) is 5.69 Å². The van der Waals surface area contributed by atoms with E-state index in [1.807, 2.05) is 0 Å². The van der Waals surface area contributed by atoms with Gasteiger partial charge >= 0.3 is 0 Å². The van der Waals surface area contributed by atoms with Crippen LogP contribution >= 0.6 is 0 Å². The van der Waals surface area contributed by atoms with Gasteiger partial charge in [0, 0.05) is 26.2 Å². The predicted molar refractivity (Wildman–Crippen MR) is 60.7 cm³/mol. The molecular formula is C9H14N4O3S. The van der Waals surface area contributed by atoms with E-state index in [0.717, 1.165) is 6.26 Å². The molecule has 2 rings (SSSR count). The molecule has 1 N–H and O–H groups in total. The molecule has 0 unspecified atom stereocenters. The minimum absolute atomic E-state index is 0.208. The molecule has 1 aliphatic rings.